The van der Waals surface area contributed by atoms with Crippen molar-refractivity contribution in [3.05, 3.63) is 16.1 Å². The predicted octanol–water partition coefficient (Wildman–Crippen LogP) is 1.53. The Hall–Kier alpha value is -0.940. The molecule has 17 heavy (non-hydrogen) atoms. The molecule has 1 aromatic heterocycles. The highest BCUT2D eigenvalue weighted by molar-refractivity contribution is 7.09. The molecule has 0 bridgehead atoms. The van der Waals surface area contributed by atoms with Crippen LogP contribution in [0.1, 0.15) is 37.9 Å². The summed E-state index contributed by atoms with van der Waals surface area (Å²) in [5.74, 6) is 0.0185. The van der Waals surface area contributed by atoms with Crippen LogP contribution in [0.25, 0.3) is 0 Å². The van der Waals surface area contributed by atoms with Crippen LogP contribution in [0, 0.1) is 0 Å². The maximum atomic E-state index is 11.5. The molecule has 1 atom stereocenters. The number of likely N-dealkylation sites (tertiary alicyclic amines) is 1. The van der Waals surface area contributed by atoms with Gasteiger partial charge in [0.2, 0.25) is 5.91 Å². The van der Waals surface area contributed by atoms with E-state index in [1.165, 1.54) is 0 Å². The first kappa shape index (κ1) is 12.5. The summed E-state index contributed by atoms with van der Waals surface area (Å²) in [5, 5.41) is 12.4. The normalized spacial score (nSPS) is 21.3. The van der Waals surface area contributed by atoms with Crippen molar-refractivity contribution in [3.63, 3.8) is 0 Å². The van der Waals surface area contributed by atoms with Gasteiger partial charge in [0.05, 0.1) is 24.8 Å². The Morgan fingerprint density at radius 3 is 2.76 bits per heavy atom. The molecule has 1 aliphatic rings. The zero-order valence-electron chi connectivity index (χ0n) is 10.4. The minimum Gasteiger partial charge on any atom is -0.391 e. The van der Waals surface area contributed by atoms with Gasteiger partial charge in [-0.15, -0.1) is 11.3 Å². The number of rotatable bonds is 2. The van der Waals surface area contributed by atoms with Crippen molar-refractivity contribution in [2.24, 2.45) is 0 Å². The minimum atomic E-state index is -0.510. The molecule has 2 heterocycles. The molecule has 1 N–H and O–H groups in total. The third-order valence-electron chi connectivity index (χ3n) is 2.84. The number of nitrogens with zero attached hydrogens (tertiary/aromatic N) is 2. The molecule has 1 aliphatic heterocycles. The van der Waals surface area contributed by atoms with Crippen molar-refractivity contribution in [2.45, 2.75) is 45.3 Å². The number of aliphatic hydroxyl groups excluding tert-OH is 1. The number of carbonyl (C=O) groups is 1. The summed E-state index contributed by atoms with van der Waals surface area (Å²) in [6.45, 7) is 7.32. The van der Waals surface area contributed by atoms with Crippen LogP contribution >= 0.6 is 11.3 Å². The lowest BCUT2D eigenvalue weighted by atomic mass is 9.93. The fourth-order valence-corrected chi connectivity index (χ4v) is 2.83. The molecule has 5 heteroatoms. The van der Waals surface area contributed by atoms with E-state index in [0.717, 1.165) is 10.7 Å². The number of hydrogen-bond acceptors (Lipinski definition) is 4. The summed E-state index contributed by atoms with van der Waals surface area (Å²) < 4.78 is 0. The lowest BCUT2D eigenvalue weighted by molar-refractivity contribution is -0.128. The lowest BCUT2D eigenvalue weighted by Crippen LogP contribution is -2.25. The molecule has 2 rings (SSSR count). The molecule has 0 aliphatic carbocycles. The number of β-amino-alcohol motifs (C(OH)–C–C–N with tert-alkyl or cyclic N) is 1. The van der Waals surface area contributed by atoms with Gasteiger partial charge in [0.25, 0.3) is 0 Å². The van der Waals surface area contributed by atoms with Gasteiger partial charge in [0.1, 0.15) is 5.01 Å². The van der Waals surface area contributed by atoms with Crippen molar-refractivity contribution in [1.82, 2.24) is 9.88 Å². The lowest BCUT2D eigenvalue weighted by Gasteiger charge is -2.15. The van der Waals surface area contributed by atoms with Gasteiger partial charge < -0.3 is 10.0 Å². The molecule has 1 unspecified atom stereocenters. The monoisotopic (exact) mass is 254 g/mol. The van der Waals surface area contributed by atoms with E-state index in [9.17, 15) is 9.90 Å². The second-order valence-corrected chi connectivity index (χ2v) is 6.45. The Morgan fingerprint density at radius 1 is 1.59 bits per heavy atom. The van der Waals surface area contributed by atoms with Crippen LogP contribution in [0.2, 0.25) is 0 Å². The first-order valence-electron chi connectivity index (χ1n) is 5.77. The van der Waals surface area contributed by atoms with E-state index >= 15 is 0 Å². The predicted molar refractivity (Wildman–Crippen MR) is 66.9 cm³/mol. The highest BCUT2D eigenvalue weighted by Gasteiger charge is 2.28. The van der Waals surface area contributed by atoms with Gasteiger partial charge in [-0.2, -0.15) is 0 Å². The summed E-state index contributed by atoms with van der Waals surface area (Å²) in [5.41, 5.74) is 1.10. The minimum absolute atomic E-state index is 0.0185. The number of amides is 1. The fourth-order valence-electron chi connectivity index (χ4n) is 1.80. The molecule has 0 aromatic carbocycles. The summed E-state index contributed by atoms with van der Waals surface area (Å²) >= 11 is 1.58. The molecule has 0 saturated carbocycles. The Bertz CT molecular complexity index is 422. The van der Waals surface area contributed by atoms with E-state index in [-0.39, 0.29) is 17.7 Å². The van der Waals surface area contributed by atoms with Crippen molar-refractivity contribution < 1.29 is 9.90 Å². The number of hydrogen-bond donors (Lipinski definition) is 1. The summed E-state index contributed by atoms with van der Waals surface area (Å²) in [4.78, 5) is 17.8. The maximum absolute atomic E-state index is 11.5. The van der Waals surface area contributed by atoms with E-state index < -0.39 is 6.10 Å². The maximum Gasteiger partial charge on any atom is 0.225 e. The third kappa shape index (κ3) is 2.84. The molecule has 1 fully saturated rings. The number of aliphatic hydroxyl groups is 1. The van der Waals surface area contributed by atoms with Crippen LogP contribution in [-0.4, -0.2) is 33.5 Å². The molecule has 4 nitrogen and oxygen atoms in total. The van der Waals surface area contributed by atoms with E-state index in [1.807, 2.05) is 5.38 Å². The van der Waals surface area contributed by atoms with Gasteiger partial charge in [0.15, 0.2) is 0 Å². The van der Waals surface area contributed by atoms with Crippen LogP contribution in [0.15, 0.2) is 5.38 Å². The van der Waals surface area contributed by atoms with Gasteiger partial charge in [-0.05, 0) is 0 Å². The Kier molecular flexibility index (Phi) is 3.23. The molecule has 0 spiro atoms. The Morgan fingerprint density at radius 2 is 2.29 bits per heavy atom. The zero-order valence-corrected chi connectivity index (χ0v) is 11.3. The molecule has 0 radical (unpaired) electrons. The van der Waals surface area contributed by atoms with Gasteiger partial charge in [0, 0.05) is 17.3 Å². The van der Waals surface area contributed by atoms with Gasteiger partial charge >= 0.3 is 0 Å². The van der Waals surface area contributed by atoms with Crippen LogP contribution < -0.4 is 0 Å². The van der Waals surface area contributed by atoms with Gasteiger partial charge in [-0.3, -0.25) is 4.79 Å². The highest BCUT2D eigenvalue weighted by atomic mass is 32.1. The van der Waals surface area contributed by atoms with E-state index in [1.54, 1.807) is 16.2 Å². The van der Waals surface area contributed by atoms with Gasteiger partial charge in [-0.1, -0.05) is 20.8 Å². The second kappa shape index (κ2) is 4.38. The quantitative estimate of drug-likeness (QED) is 0.871. The number of carbonyl (C=O) groups excluding carboxylic acids is 1. The summed E-state index contributed by atoms with van der Waals surface area (Å²) in [6, 6.07) is 0. The molecule has 1 amide bonds. The second-order valence-electron chi connectivity index (χ2n) is 5.51. The fraction of sp³-hybridized carbons (Fsp3) is 0.667. The van der Waals surface area contributed by atoms with Gasteiger partial charge in [-0.25, -0.2) is 4.98 Å². The SMILES string of the molecule is CC(C)(C)c1csc(CN2CC(O)CC2=O)n1. The van der Waals surface area contributed by atoms with Crippen molar-refractivity contribution in [1.29, 1.82) is 0 Å². The van der Waals surface area contributed by atoms with E-state index in [2.05, 4.69) is 25.8 Å². The average Bonchev–Trinajstić information content (AvgIpc) is 2.74. The van der Waals surface area contributed by atoms with Crippen LogP contribution in [-0.2, 0) is 16.8 Å². The van der Waals surface area contributed by atoms with E-state index in [4.69, 9.17) is 0 Å². The van der Waals surface area contributed by atoms with Crippen LogP contribution in [0.5, 0.6) is 0 Å². The molecular formula is C12H18N2O2S. The topological polar surface area (TPSA) is 53.4 Å². The summed E-state index contributed by atoms with van der Waals surface area (Å²) in [6.07, 6.45) is -0.262. The van der Waals surface area contributed by atoms with Crippen molar-refractivity contribution in [2.75, 3.05) is 6.54 Å². The van der Waals surface area contributed by atoms with Crippen LogP contribution in [0.3, 0.4) is 0 Å². The zero-order chi connectivity index (χ0) is 12.6. The summed E-state index contributed by atoms with van der Waals surface area (Å²) in [7, 11) is 0. The largest absolute Gasteiger partial charge is 0.391 e. The Labute approximate surface area is 105 Å². The Balaban J connectivity index is 2.05. The first-order chi connectivity index (χ1) is 7.86. The third-order valence-corrected chi connectivity index (χ3v) is 3.67. The van der Waals surface area contributed by atoms with E-state index in [0.29, 0.717) is 13.1 Å². The molecule has 94 valence electrons. The smallest absolute Gasteiger partial charge is 0.225 e. The standard InChI is InChI=1S/C12H18N2O2S/c1-12(2,3)9-7-17-10(13-9)6-14-5-8(15)4-11(14)16/h7-8,15H,4-6H2,1-3H3. The number of aromatic nitrogens is 1. The molecule has 1 saturated heterocycles. The van der Waals surface area contributed by atoms with Crippen molar-refractivity contribution >= 4 is 17.2 Å². The first-order valence-corrected chi connectivity index (χ1v) is 6.65. The van der Waals surface area contributed by atoms with Crippen molar-refractivity contribution in [3.8, 4) is 0 Å². The molecular weight excluding hydrogens is 236 g/mol. The average molecular weight is 254 g/mol. The molecule has 1 aromatic rings. The van der Waals surface area contributed by atoms with Crippen LogP contribution in [0.4, 0.5) is 0 Å². The highest BCUT2D eigenvalue weighted by Crippen LogP contribution is 2.25. The number of thiazole rings is 1.